The Morgan fingerprint density at radius 1 is 1.18 bits per heavy atom. The van der Waals surface area contributed by atoms with Crippen molar-refractivity contribution < 1.29 is 9.84 Å². The molecule has 0 amide bonds. The minimum Gasteiger partial charge on any atom is -0.437 e. The van der Waals surface area contributed by atoms with Crippen LogP contribution in [0.15, 0.2) is 30.3 Å². The van der Waals surface area contributed by atoms with Gasteiger partial charge in [0.05, 0.1) is 0 Å². The monoisotopic (exact) mass is 192 g/mol. The molecule has 2 nitrogen and oxygen atoms in total. The quantitative estimate of drug-likeness (QED) is 0.575. The molecule has 0 aliphatic rings. The fourth-order valence-electron chi connectivity index (χ4n) is 0.630. The van der Waals surface area contributed by atoms with Crippen LogP contribution in [0, 0.1) is 0 Å². The molecule has 0 atom stereocenters. The molecular weight excluding hydrogens is 187 g/mol. The lowest BCUT2D eigenvalue weighted by Crippen LogP contribution is -2.19. The van der Waals surface area contributed by atoms with E-state index in [1.165, 1.54) is 0 Å². The summed E-state index contributed by atoms with van der Waals surface area (Å²) in [6.07, 6.45) is 0. The fraction of sp³-hybridized carbons (Fsp3) is 0.143. The number of hydrogen-bond acceptors (Lipinski definition) is 2. The van der Waals surface area contributed by atoms with Crippen molar-refractivity contribution in [1.29, 1.82) is 0 Å². The average Bonchev–Trinajstić information content (AvgIpc) is 1.85. The minimum absolute atomic E-state index is 0.417. The Morgan fingerprint density at radius 3 is 2.18 bits per heavy atom. The van der Waals surface area contributed by atoms with Crippen LogP contribution < -0.4 is 4.74 Å². The van der Waals surface area contributed by atoms with Crippen molar-refractivity contribution in [2.24, 2.45) is 0 Å². The Kier molecular flexibility index (Phi) is 2.60. The third-order valence-electron chi connectivity index (χ3n) is 0.984. The molecule has 1 N–H and O–H groups in total. The van der Waals surface area contributed by atoms with Gasteiger partial charge >= 0.3 is 4.71 Å². The lowest BCUT2D eigenvalue weighted by atomic mass is 10.3. The first-order valence-electron chi connectivity index (χ1n) is 2.92. The highest BCUT2D eigenvalue weighted by Gasteiger charge is 2.20. The summed E-state index contributed by atoms with van der Waals surface area (Å²) in [7, 11) is 0. The average molecular weight is 193 g/mol. The molecule has 0 aromatic heterocycles. The molecule has 0 saturated heterocycles. The van der Waals surface area contributed by atoms with Crippen LogP contribution >= 0.6 is 23.2 Å². The Balaban J connectivity index is 2.66. The van der Waals surface area contributed by atoms with Gasteiger partial charge in [-0.15, -0.1) is 0 Å². The molecule has 0 aliphatic heterocycles. The maximum Gasteiger partial charge on any atom is 0.372 e. The van der Waals surface area contributed by atoms with Crippen molar-refractivity contribution in [3.8, 4) is 5.75 Å². The number of rotatable bonds is 2. The van der Waals surface area contributed by atoms with E-state index in [0.29, 0.717) is 5.75 Å². The second-order valence-corrected chi connectivity index (χ2v) is 3.12. The van der Waals surface area contributed by atoms with Crippen molar-refractivity contribution in [2.75, 3.05) is 0 Å². The SMILES string of the molecule is OC(Cl)(Cl)Oc1ccccc1. The number of alkyl halides is 2. The number of para-hydroxylation sites is 1. The molecule has 1 rings (SSSR count). The summed E-state index contributed by atoms with van der Waals surface area (Å²) in [5.41, 5.74) is 0. The molecular formula is C7H6Cl2O2. The topological polar surface area (TPSA) is 29.5 Å². The molecule has 0 saturated carbocycles. The zero-order valence-electron chi connectivity index (χ0n) is 5.50. The molecule has 0 radical (unpaired) electrons. The van der Waals surface area contributed by atoms with E-state index in [-0.39, 0.29) is 0 Å². The van der Waals surface area contributed by atoms with Crippen LogP contribution in [0.3, 0.4) is 0 Å². The summed E-state index contributed by atoms with van der Waals surface area (Å²) in [6, 6.07) is 8.57. The van der Waals surface area contributed by atoms with E-state index in [2.05, 4.69) is 4.74 Å². The van der Waals surface area contributed by atoms with Crippen molar-refractivity contribution >= 4 is 23.2 Å². The fourth-order valence-corrected chi connectivity index (χ4v) is 0.809. The molecule has 4 heteroatoms. The summed E-state index contributed by atoms with van der Waals surface area (Å²) >= 11 is 10.3. The van der Waals surface area contributed by atoms with Crippen LogP contribution in [-0.4, -0.2) is 9.81 Å². The van der Waals surface area contributed by atoms with Crippen LogP contribution in [0.25, 0.3) is 0 Å². The maximum absolute atomic E-state index is 8.78. The molecule has 0 unspecified atom stereocenters. The number of halogens is 2. The Morgan fingerprint density at radius 2 is 1.73 bits per heavy atom. The van der Waals surface area contributed by atoms with Crippen LogP contribution in [0.1, 0.15) is 0 Å². The van der Waals surface area contributed by atoms with Crippen LogP contribution in [-0.2, 0) is 0 Å². The van der Waals surface area contributed by atoms with E-state index in [1.807, 2.05) is 6.07 Å². The smallest absolute Gasteiger partial charge is 0.372 e. The zero-order valence-corrected chi connectivity index (χ0v) is 7.01. The Bertz CT molecular complexity index is 218. The first kappa shape index (κ1) is 8.65. The molecule has 0 fully saturated rings. The van der Waals surface area contributed by atoms with Gasteiger partial charge in [0, 0.05) is 0 Å². The van der Waals surface area contributed by atoms with Gasteiger partial charge in [-0.25, -0.2) is 0 Å². The van der Waals surface area contributed by atoms with Crippen LogP contribution in [0.2, 0.25) is 0 Å². The van der Waals surface area contributed by atoms with Gasteiger partial charge in [0.25, 0.3) is 0 Å². The van der Waals surface area contributed by atoms with Crippen LogP contribution in [0.4, 0.5) is 0 Å². The minimum atomic E-state index is -2.15. The number of ether oxygens (including phenoxy) is 1. The Labute approximate surface area is 74.3 Å². The van der Waals surface area contributed by atoms with Gasteiger partial charge in [-0.2, -0.15) is 0 Å². The van der Waals surface area contributed by atoms with Gasteiger partial charge in [0.1, 0.15) is 5.75 Å². The second-order valence-electron chi connectivity index (χ2n) is 1.90. The highest BCUT2D eigenvalue weighted by molar-refractivity contribution is 6.45. The summed E-state index contributed by atoms with van der Waals surface area (Å²) in [6.45, 7) is 0. The molecule has 0 spiro atoms. The number of hydrogen-bond donors (Lipinski definition) is 1. The summed E-state index contributed by atoms with van der Waals surface area (Å²) in [5.74, 6) is 0.417. The Hall–Kier alpha value is -0.440. The van der Waals surface area contributed by atoms with E-state index in [4.69, 9.17) is 28.3 Å². The maximum atomic E-state index is 8.78. The van der Waals surface area contributed by atoms with Crippen LogP contribution in [0.5, 0.6) is 5.75 Å². The first-order valence-corrected chi connectivity index (χ1v) is 3.68. The number of aliphatic hydroxyl groups is 1. The molecule has 60 valence electrons. The van der Waals surface area contributed by atoms with Gasteiger partial charge in [-0.05, 0) is 35.3 Å². The highest BCUT2D eigenvalue weighted by atomic mass is 35.5. The lowest BCUT2D eigenvalue weighted by Gasteiger charge is -2.13. The zero-order chi connectivity index (χ0) is 8.32. The molecule has 0 bridgehead atoms. The van der Waals surface area contributed by atoms with Gasteiger partial charge in [-0.3, -0.25) is 0 Å². The molecule has 0 heterocycles. The lowest BCUT2D eigenvalue weighted by molar-refractivity contribution is 0.0143. The van der Waals surface area contributed by atoms with Crippen molar-refractivity contribution in [3.63, 3.8) is 0 Å². The van der Waals surface area contributed by atoms with Gasteiger partial charge in [0.15, 0.2) is 0 Å². The highest BCUT2D eigenvalue weighted by Crippen LogP contribution is 2.22. The van der Waals surface area contributed by atoms with E-state index < -0.39 is 4.71 Å². The molecule has 1 aromatic carbocycles. The molecule has 11 heavy (non-hydrogen) atoms. The third-order valence-corrected chi connectivity index (χ3v) is 1.14. The van der Waals surface area contributed by atoms with E-state index in [0.717, 1.165) is 0 Å². The van der Waals surface area contributed by atoms with Crippen molar-refractivity contribution in [3.05, 3.63) is 30.3 Å². The third kappa shape index (κ3) is 3.46. The van der Waals surface area contributed by atoms with Gasteiger partial charge in [0.2, 0.25) is 0 Å². The van der Waals surface area contributed by atoms with Gasteiger partial charge < -0.3 is 9.84 Å². The first-order chi connectivity index (χ1) is 5.08. The summed E-state index contributed by atoms with van der Waals surface area (Å²) in [4.78, 5) is 0. The van der Waals surface area contributed by atoms with E-state index in [9.17, 15) is 0 Å². The van der Waals surface area contributed by atoms with Crippen molar-refractivity contribution in [1.82, 2.24) is 0 Å². The largest absolute Gasteiger partial charge is 0.437 e. The van der Waals surface area contributed by atoms with Crippen molar-refractivity contribution in [2.45, 2.75) is 4.71 Å². The second kappa shape index (κ2) is 3.30. The van der Waals surface area contributed by atoms with E-state index >= 15 is 0 Å². The standard InChI is InChI=1S/C7H6Cl2O2/c8-7(9,10)11-6-4-2-1-3-5-6/h1-5,10H. The summed E-state index contributed by atoms with van der Waals surface area (Å²) < 4.78 is 2.54. The molecule has 1 aromatic rings. The van der Waals surface area contributed by atoms with E-state index in [1.54, 1.807) is 24.3 Å². The predicted octanol–water partition coefficient (Wildman–Crippen LogP) is 2.15. The summed E-state index contributed by atoms with van der Waals surface area (Å²) in [5, 5.41) is 8.78. The predicted molar refractivity (Wildman–Crippen MR) is 43.7 cm³/mol. The number of benzene rings is 1. The van der Waals surface area contributed by atoms with Gasteiger partial charge in [-0.1, -0.05) is 18.2 Å². The normalized spacial score (nSPS) is 11.2. The molecule has 0 aliphatic carbocycles.